The fraction of sp³-hybridized carbons (Fsp3) is 0.538. The summed E-state index contributed by atoms with van der Waals surface area (Å²) in [7, 11) is 0. The number of hydrogen-bond donors (Lipinski definition) is 2. The molecule has 2 unspecified atom stereocenters. The summed E-state index contributed by atoms with van der Waals surface area (Å²) in [6.45, 7) is 3.39. The third-order valence-corrected chi connectivity index (χ3v) is 4.10. The number of hydrogen-bond acceptors (Lipinski definition) is 2. The Morgan fingerprint density at radius 1 is 1.44 bits per heavy atom. The van der Waals surface area contributed by atoms with E-state index in [1.807, 2.05) is 12.1 Å². The lowest BCUT2D eigenvalue weighted by Gasteiger charge is -2.17. The molecule has 0 spiro atoms. The molecule has 2 rings (SSSR count). The van der Waals surface area contributed by atoms with Gasteiger partial charge in [-0.15, -0.1) is 0 Å². The predicted molar refractivity (Wildman–Crippen MR) is 73.5 cm³/mol. The van der Waals surface area contributed by atoms with Crippen LogP contribution in [0.15, 0.2) is 22.7 Å². The fourth-order valence-electron chi connectivity index (χ4n) is 2.45. The summed E-state index contributed by atoms with van der Waals surface area (Å²) in [4.78, 5) is 0. The molecule has 2 atom stereocenters. The summed E-state index contributed by atoms with van der Waals surface area (Å²) in [5.41, 5.74) is 7.80. The third-order valence-electron chi connectivity index (χ3n) is 3.61. The molecule has 0 radical (unpaired) electrons. The Morgan fingerprint density at radius 3 is 2.94 bits per heavy atom. The molecule has 0 heterocycles. The molecule has 0 aromatic heterocycles. The second-order valence-corrected chi connectivity index (χ2v) is 5.70. The lowest BCUT2D eigenvalue weighted by atomic mass is 9.98. The van der Waals surface area contributed by atoms with Gasteiger partial charge in [0.1, 0.15) is 0 Å². The molecule has 1 saturated carbocycles. The molecular formula is C13H19BrN2. The molecule has 1 aromatic rings. The van der Waals surface area contributed by atoms with Crippen LogP contribution in [0.2, 0.25) is 0 Å². The highest BCUT2D eigenvalue weighted by molar-refractivity contribution is 9.10. The minimum atomic E-state index is 0.804. The van der Waals surface area contributed by atoms with Gasteiger partial charge in [0, 0.05) is 11.0 Å². The van der Waals surface area contributed by atoms with Crippen LogP contribution in [-0.4, -0.2) is 6.54 Å². The van der Waals surface area contributed by atoms with Crippen LogP contribution in [0.4, 0.5) is 11.4 Å². The summed E-state index contributed by atoms with van der Waals surface area (Å²) in [6.07, 6.45) is 4.10. The topological polar surface area (TPSA) is 38.0 Å². The monoisotopic (exact) mass is 282 g/mol. The van der Waals surface area contributed by atoms with Crippen molar-refractivity contribution in [3.63, 3.8) is 0 Å². The van der Waals surface area contributed by atoms with E-state index >= 15 is 0 Å². The molecule has 0 saturated heterocycles. The minimum Gasteiger partial charge on any atom is -0.397 e. The lowest BCUT2D eigenvalue weighted by molar-refractivity contribution is 0.440. The molecule has 1 aliphatic carbocycles. The van der Waals surface area contributed by atoms with Crippen LogP contribution in [-0.2, 0) is 0 Å². The zero-order chi connectivity index (χ0) is 11.5. The molecule has 1 fully saturated rings. The minimum absolute atomic E-state index is 0.804. The zero-order valence-corrected chi connectivity index (χ0v) is 11.3. The molecule has 16 heavy (non-hydrogen) atoms. The van der Waals surface area contributed by atoms with Gasteiger partial charge in [0.15, 0.2) is 0 Å². The Hall–Kier alpha value is -0.700. The second kappa shape index (κ2) is 5.09. The molecule has 3 heteroatoms. The average molecular weight is 283 g/mol. The van der Waals surface area contributed by atoms with E-state index in [4.69, 9.17) is 5.73 Å². The number of anilines is 2. The average Bonchev–Trinajstić information content (AvgIpc) is 2.66. The number of nitrogens with one attached hydrogen (secondary N) is 1. The van der Waals surface area contributed by atoms with Crippen molar-refractivity contribution in [2.24, 2.45) is 11.8 Å². The van der Waals surface area contributed by atoms with Crippen molar-refractivity contribution >= 4 is 27.3 Å². The predicted octanol–water partition coefficient (Wildman–Crippen LogP) is 3.88. The van der Waals surface area contributed by atoms with Gasteiger partial charge < -0.3 is 11.1 Å². The van der Waals surface area contributed by atoms with Gasteiger partial charge in [0.05, 0.1) is 11.4 Å². The van der Waals surface area contributed by atoms with E-state index in [2.05, 4.69) is 34.2 Å². The summed E-state index contributed by atoms with van der Waals surface area (Å²) in [6, 6.07) is 5.96. The van der Waals surface area contributed by atoms with Crippen molar-refractivity contribution in [2.45, 2.75) is 26.2 Å². The molecule has 0 amide bonds. The highest BCUT2D eigenvalue weighted by atomic mass is 79.9. The van der Waals surface area contributed by atoms with Crippen molar-refractivity contribution in [2.75, 3.05) is 17.6 Å². The SMILES string of the molecule is CC1CCCC1CNc1cc(Br)ccc1N. The number of nitrogen functional groups attached to an aromatic ring is 1. The summed E-state index contributed by atoms with van der Waals surface area (Å²) < 4.78 is 1.07. The number of benzene rings is 1. The number of halogens is 1. The fourth-order valence-corrected chi connectivity index (χ4v) is 2.81. The first-order valence-corrected chi connectivity index (χ1v) is 6.75. The van der Waals surface area contributed by atoms with Gasteiger partial charge in [-0.1, -0.05) is 35.7 Å². The Balaban J connectivity index is 1.96. The first-order valence-electron chi connectivity index (χ1n) is 5.95. The van der Waals surface area contributed by atoms with Gasteiger partial charge in [-0.05, 0) is 36.5 Å². The molecule has 1 aliphatic rings. The highest BCUT2D eigenvalue weighted by Crippen LogP contribution is 2.32. The maximum Gasteiger partial charge on any atom is 0.0585 e. The van der Waals surface area contributed by atoms with Crippen molar-refractivity contribution in [1.29, 1.82) is 0 Å². The van der Waals surface area contributed by atoms with Crippen molar-refractivity contribution in [1.82, 2.24) is 0 Å². The Morgan fingerprint density at radius 2 is 2.25 bits per heavy atom. The largest absolute Gasteiger partial charge is 0.397 e. The molecule has 3 N–H and O–H groups in total. The Kier molecular flexibility index (Phi) is 3.74. The Bertz CT molecular complexity index is 365. The Labute approximate surface area is 106 Å². The van der Waals surface area contributed by atoms with E-state index in [0.29, 0.717) is 0 Å². The van der Waals surface area contributed by atoms with Crippen LogP contribution in [0.3, 0.4) is 0 Å². The smallest absolute Gasteiger partial charge is 0.0585 e. The number of rotatable bonds is 3. The summed E-state index contributed by atoms with van der Waals surface area (Å²) in [5.74, 6) is 1.65. The van der Waals surface area contributed by atoms with E-state index < -0.39 is 0 Å². The molecular weight excluding hydrogens is 264 g/mol. The van der Waals surface area contributed by atoms with Gasteiger partial charge in [-0.3, -0.25) is 0 Å². The molecule has 0 bridgehead atoms. The molecule has 88 valence electrons. The first kappa shape index (κ1) is 11.8. The number of nitrogens with two attached hydrogens (primary N) is 1. The van der Waals surface area contributed by atoms with Crippen LogP contribution >= 0.6 is 15.9 Å². The maximum absolute atomic E-state index is 5.93. The van der Waals surface area contributed by atoms with Crippen LogP contribution in [0.5, 0.6) is 0 Å². The molecule has 2 nitrogen and oxygen atoms in total. The first-order chi connectivity index (χ1) is 7.66. The van der Waals surface area contributed by atoms with Crippen LogP contribution in [0, 0.1) is 11.8 Å². The van der Waals surface area contributed by atoms with Gasteiger partial charge in [0.25, 0.3) is 0 Å². The van der Waals surface area contributed by atoms with Gasteiger partial charge in [-0.25, -0.2) is 0 Å². The highest BCUT2D eigenvalue weighted by Gasteiger charge is 2.22. The van der Waals surface area contributed by atoms with Crippen LogP contribution in [0.25, 0.3) is 0 Å². The lowest BCUT2D eigenvalue weighted by Crippen LogP contribution is -2.17. The standard InChI is InChI=1S/C13H19BrN2/c1-9-3-2-4-10(9)8-16-13-7-11(14)5-6-12(13)15/h5-7,9-10,16H,2-4,8,15H2,1H3. The van der Waals surface area contributed by atoms with Gasteiger partial charge in [0.2, 0.25) is 0 Å². The van der Waals surface area contributed by atoms with Crippen molar-refractivity contribution in [3.8, 4) is 0 Å². The summed E-state index contributed by atoms with van der Waals surface area (Å²) in [5, 5.41) is 3.47. The zero-order valence-electron chi connectivity index (χ0n) is 9.67. The van der Waals surface area contributed by atoms with Gasteiger partial charge in [-0.2, -0.15) is 0 Å². The third kappa shape index (κ3) is 2.70. The van der Waals surface area contributed by atoms with Crippen LogP contribution in [0.1, 0.15) is 26.2 Å². The van der Waals surface area contributed by atoms with E-state index in [1.165, 1.54) is 19.3 Å². The van der Waals surface area contributed by atoms with Crippen LogP contribution < -0.4 is 11.1 Å². The normalized spacial score (nSPS) is 24.6. The maximum atomic E-state index is 5.93. The quantitative estimate of drug-likeness (QED) is 0.826. The van der Waals surface area contributed by atoms with E-state index in [0.717, 1.165) is 34.2 Å². The van der Waals surface area contributed by atoms with E-state index in [1.54, 1.807) is 0 Å². The van der Waals surface area contributed by atoms with E-state index in [9.17, 15) is 0 Å². The second-order valence-electron chi connectivity index (χ2n) is 4.78. The van der Waals surface area contributed by atoms with Crippen molar-refractivity contribution in [3.05, 3.63) is 22.7 Å². The molecule has 0 aliphatic heterocycles. The molecule has 1 aromatic carbocycles. The summed E-state index contributed by atoms with van der Waals surface area (Å²) >= 11 is 3.47. The van der Waals surface area contributed by atoms with Crippen molar-refractivity contribution < 1.29 is 0 Å². The van der Waals surface area contributed by atoms with E-state index in [-0.39, 0.29) is 0 Å². The van der Waals surface area contributed by atoms with Gasteiger partial charge >= 0.3 is 0 Å².